The standard InChI is InChI=1S/C17H25N3O5S.ClH/c1-19(14-5-6-18-12-14)17(21)13-3-4-15(24-2)16(11-13)26(22,23)20-7-9-25-10-8-20;/h3-4,11,14,18H,5-10,12H2,1-2H3;1H. The highest BCUT2D eigenvalue weighted by molar-refractivity contribution is 7.89. The van der Waals surface area contributed by atoms with Gasteiger partial charge in [-0.05, 0) is 31.2 Å². The zero-order valence-electron chi connectivity index (χ0n) is 15.5. The van der Waals surface area contributed by atoms with Gasteiger partial charge in [-0.2, -0.15) is 4.31 Å². The van der Waals surface area contributed by atoms with E-state index in [1.54, 1.807) is 24.1 Å². The van der Waals surface area contributed by atoms with Crippen LogP contribution in [-0.2, 0) is 14.8 Å². The molecule has 8 nitrogen and oxygen atoms in total. The molecule has 27 heavy (non-hydrogen) atoms. The fourth-order valence-corrected chi connectivity index (χ4v) is 4.87. The molecule has 1 amide bonds. The highest BCUT2D eigenvalue weighted by Gasteiger charge is 2.31. The Hall–Kier alpha value is -1.39. The average molecular weight is 420 g/mol. The van der Waals surface area contributed by atoms with E-state index >= 15 is 0 Å². The Labute approximate surface area is 166 Å². The van der Waals surface area contributed by atoms with Crippen LogP contribution in [0.3, 0.4) is 0 Å². The van der Waals surface area contributed by atoms with E-state index < -0.39 is 10.0 Å². The van der Waals surface area contributed by atoms with Crippen molar-refractivity contribution in [3.8, 4) is 5.75 Å². The molecule has 1 aromatic rings. The molecule has 0 aliphatic carbocycles. The monoisotopic (exact) mass is 419 g/mol. The van der Waals surface area contributed by atoms with Gasteiger partial charge < -0.3 is 19.7 Å². The second-order valence-corrected chi connectivity index (χ2v) is 8.35. The molecule has 2 heterocycles. The van der Waals surface area contributed by atoms with Crippen LogP contribution < -0.4 is 10.1 Å². The van der Waals surface area contributed by atoms with Crippen molar-refractivity contribution >= 4 is 28.3 Å². The Morgan fingerprint density at radius 1 is 1.33 bits per heavy atom. The summed E-state index contributed by atoms with van der Waals surface area (Å²) in [5.41, 5.74) is 0.340. The van der Waals surface area contributed by atoms with Crippen LogP contribution in [0.4, 0.5) is 0 Å². The summed E-state index contributed by atoms with van der Waals surface area (Å²) in [7, 11) is -0.588. The van der Waals surface area contributed by atoms with Crippen LogP contribution in [-0.4, -0.2) is 83.1 Å². The average Bonchev–Trinajstić information content (AvgIpc) is 3.21. The molecule has 0 aromatic heterocycles. The summed E-state index contributed by atoms with van der Waals surface area (Å²) in [5.74, 6) is 0.0398. The van der Waals surface area contributed by atoms with Crippen LogP contribution in [0.25, 0.3) is 0 Å². The molecular weight excluding hydrogens is 394 g/mol. The van der Waals surface area contributed by atoms with Gasteiger partial charge in [0.15, 0.2) is 0 Å². The molecule has 2 aliphatic heterocycles. The maximum atomic E-state index is 13.0. The lowest BCUT2D eigenvalue weighted by Crippen LogP contribution is -2.41. The fourth-order valence-electron chi connectivity index (χ4n) is 3.28. The van der Waals surface area contributed by atoms with Gasteiger partial charge in [-0.15, -0.1) is 12.4 Å². The van der Waals surface area contributed by atoms with Gasteiger partial charge in [0.2, 0.25) is 10.0 Å². The van der Waals surface area contributed by atoms with E-state index in [4.69, 9.17) is 9.47 Å². The van der Waals surface area contributed by atoms with E-state index in [1.807, 2.05) is 0 Å². The number of hydrogen-bond donors (Lipinski definition) is 1. The third kappa shape index (κ3) is 4.55. The van der Waals surface area contributed by atoms with Gasteiger partial charge in [-0.3, -0.25) is 4.79 Å². The predicted octanol–water partition coefficient (Wildman–Crippen LogP) is 0.572. The first-order valence-corrected chi connectivity index (χ1v) is 10.1. The minimum absolute atomic E-state index is 0. The topological polar surface area (TPSA) is 88.2 Å². The molecule has 0 bridgehead atoms. The summed E-state index contributed by atoms with van der Waals surface area (Å²) in [5, 5.41) is 3.23. The van der Waals surface area contributed by atoms with Gasteiger partial charge in [0.1, 0.15) is 10.6 Å². The molecule has 2 saturated heterocycles. The van der Waals surface area contributed by atoms with E-state index in [9.17, 15) is 13.2 Å². The molecule has 1 unspecified atom stereocenters. The first-order chi connectivity index (χ1) is 12.4. The number of rotatable bonds is 5. The van der Waals surface area contributed by atoms with E-state index in [-0.39, 0.29) is 48.1 Å². The summed E-state index contributed by atoms with van der Waals surface area (Å²) in [6.07, 6.45) is 0.886. The third-order valence-electron chi connectivity index (χ3n) is 4.90. The van der Waals surface area contributed by atoms with E-state index in [0.717, 1.165) is 19.5 Å². The van der Waals surface area contributed by atoms with Crippen molar-refractivity contribution in [1.29, 1.82) is 0 Å². The summed E-state index contributed by atoms with van der Waals surface area (Å²) in [6, 6.07) is 4.69. The second kappa shape index (κ2) is 9.20. The number of ether oxygens (including phenoxy) is 2. The van der Waals surface area contributed by atoms with Crippen LogP contribution in [0.5, 0.6) is 5.75 Å². The number of likely N-dealkylation sites (N-methyl/N-ethyl adjacent to an activating group) is 1. The van der Waals surface area contributed by atoms with Crippen molar-refractivity contribution in [2.45, 2.75) is 17.4 Å². The number of sulfonamides is 1. The zero-order valence-corrected chi connectivity index (χ0v) is 17.1. The van der Waals surface area contributed by atoms with Gasteiger partial charge in [0.25, 0.3) is 5.91 Å². The Kier molecular flexibility index (Phi) is 7.47. The van der Waals surface area contributed by atoms with Crippen molar-refractivity contribution in [3.05, 3.63) is 23.8 Å². The molecule has 3 rings (SSSR count). The Bertz CT molecular complexity index is 762. The molecule has 1 N–H and O–H groups in total. The quantitative estimate of drug-likeness (QED) is 0.750. The van der Waals surface area contributed by atoms with Gasteiger partial charge in [-0.1, -0.05) is 0 Å². The summed E-state index contributed by atoms with van der Waals surface area (Å²) in [4.78, 5) is 14.5. The number of carbonyl (C=O) groups excluding carboxylic acids is 1. The lowest BCUT2D eigenvalue weighted by Gasteiger charge is -2.27. The predicted molar refractivity (Wildman–Crippen MR) is 103 cm³/mol. The van der Waals surface area contributed by atoms with Crippen LogP contribution in [0, 0.1) is 0 Å². The highest BCUT2D eigenvalue weighted by atomic mass is 35.5. The molecule has 0 radical (unpaired) electrons. The van der Waals surface area contributed by atoms with Crippen molar-refractivity contribution in [2.75, 3.05) is 53.6 Å². The Balaban J connectivity index is 0.00000261. The largest absolute Gasteiger partial charge is 0.495 e. The van der Waals surface area contributed by atoms with Crippen molar-refractivity contribution in [3.63, 3.8) is 0 Å². The maximum Gasteiger partial charge on any atom is 0.253 e. The second-order valence-electron chi connectivity index (χ2n) is 6.44. The molecule has 1 atom stereocenters. The number of nitrogens with zero attached hydrogens (tertiary/aromatic N) is 2. The summed E-state index contributed by atoms with van der Waals surface area (Å²) < 4.78 is 37.9. The molecule has 2 fully saturated rings. The Morgan fingerprint density at radius 2 is 2.04 bits per heavy atom. The number of benzene rings is 1. The minimum atomic E-state index is -3.76. The van der Waals surface area contributed by atoms with Crippen LogP contribution in [0.2, 0.25) is 0 Å². The van der Waals surface area contributed by atoms with Crippen LogP contribution in [0.1, 0.15) is 16.8 Å². The lowest BCUT2D eigenvalue weighted by atomic mass is 10.1. The zero-order chi connectivity index (χ0) is 18.7. The number of amides is 1. The van der Waals surface area contributed by atoms with Crippen LogP contribution in [0.15, 0.2) is 23.1 Å². The molecule has 152 valence electrons. The van der Waals surface area contributed by atoms with Gasteiger partial charge in [0.05, 0.1) is 20.3 Å². The number of morpholine rings is 1. The van der Waals surface area contributed by atoms with Crippen molar-refractivity contribution < 1.29 is 22.7 Å². The SMILES string of the molecule is COc1ccc(C(=O)N(C)C2CCNC2)cc1S(=O)(=O)N1CCOCC1.Cl. The fraction of sp³-hybridized carbons (Fsp3) is 0.588. The van der Waals surface area contributed by atoms with Gasteiger partial charge in [0, 0.05) is 38.3 Å². The van der Waals surface area contributed by atoms with E-state index in [1.165, 1.54) is 17.5 Å². The number of carbonyl (C=O) groups is 1. The van der Waals surface area contributed by atoms with Gasteiger partial charge in [-0.25, -0.2) is 8.42 Å². The summed E-state index contributed by atoms with van der Waals surface area (Å²) in [6.45, 7) is 2.92. The van der Waals surface area contributed by atoms with Crippen molar-refractivity contribution in [1.82, 2.24) is 14.5 Å². The first kappa shape index (κ1) is 21.9. The van der Waals surface area contributed by atoms with Crippen molar-refractivity contribution in [2.24, 2.45) is 0 Å². The third-order valence-corrected chi connectivity index (χ3v) is 6.82. The first-order valence-electron chi connectivity index (χ1n) is 8.69. The minimum Gasteiger partial charge on any atom is -0.495 e. The molecule has 10 heteroatoms. The molecular formula is C17H26ClN3O5S. The maximum absolute atomic E-state index is 13.0. The molecule has 0 saturated carbocycles. The highest BCUT2D eigenvalue weighted by Crippen LogP contribution is 2.29. The number of methoxy groups -OCH3 is 1. The number of hydrogen-bond acceptors (Lipinski definition) is 6. The normalized spacial score (nSPS) is 20.7. The number of halogens is 1. The molecule has 2 aliphatic rings. The Morgan fingerprint density at radius 3 is 2.63 bits per heavy atom. The van der Waals surface area contributed by atoms with Crippen LogP contribution >= 0.6 is 12.4 Å². The number of nitrogens with one attached hydrogen (secondary N) is 1. The molecule has 0 spiro atoms. The lowest BCUT2D eigenvalue weighted by molar-refractivity contribution is 0.0728. The molecule has 1 aromatic carbocycles. The smallest absolute Gasteiger partial charge is 0.253 e. The summed E-state index contributed by atoms with van der Waals surface area (Å²) >= 11 is 0. The van der Waals surface area contributed by atoms with Gasteiger partial charge >= 0.3 is 0 Å². The van der Waals surface area contributed by atoms with E-state index in [0.29, 0.717) is 18.8 Å². The van der Waals surface area contributed by atoms with E-state index in [2.05, 4.69) is 5.32 Å².